The lowest BCUT2D eigenvalue weighted by molar-refractivity contribution is -0.137. The van der Waals surface area contributed by atoms with Gasteiger partial charge in [0.2, 0.25) is 10.0 Å². The van der Waals surface area contributed by atoms with Crippen LogP contribution in [0.4, 0.5) is 13.2 Å². The van der Waals surface area contributed by atoms with Crippen LogP contribution < -0.4 is 10.2 Å². The Morgan fingerprint density at radius 3 is 2.31 bits per heavy atom. The summed E-state index contributed by atoms with van der Waals surface area (Å²) in [5, 5.41) is 8.64. The Morgan fingerprint density at radius 1 is 1.23 bits per heavy atom. The fourth-order valence-corrected chi connectivity index (χ4v) is 3.60. The zero-order valence-corrected chi connectivity index (χ0v) is 14.5. The molecule has 1 unspecified atom stereocenters. The number of sulfonamides is 1. The number of hydrogen-bond donors (Lipinski definition) is 3. The molecule has 1 aromatic heterocycles. The second-order valence-electron chi connectivity index (χ2n) is 5.57. The lowest BCUT2D eigenvalue weighted by Gasteiger charge is -2.16. The lowest BCUT2D eigenvalue weighted by Crippen LogP contribution is -2.28. The molecule has 0 saturated carbocycles. The monoisotopic (exact) mass is 391 g/mol. The first-order valence-electron chi connectivity index (χ1n) is 7.26. The van der Waals surface area contributed by atoms with Gasteiger partial charge in [-0.15, -0.1) is 0 Å². The van der Waals surface area contributed by atoms with E-state index in [4.69, 9.17) is 5.21 Å². The van der Waals surface area contributed by atoms with Gasteiger partial charge < -0.3 is 4.57 Å². The third kappa shape index (κ3) is 4.23. The van der Waals surface area contributed by atoms with E-state index in [1.165, 1.54) is 29.2 Å². The number of hydroxylamine groups is 1. The highest BCUT2D eigenvalue weighted by molar-refractivity contribution is 7.89. The second-order valence-corrected chi connectivity index (χ2v) is 7.28. The smallest absolute Gasteiger partial charge is 0.352 e. The van der Waals surface area contributed by atoms with Crippen molar-refractivity contribution >= 4 is 15.9 Å². The van der Waals surface area contributed by atoms with Gasteiger partial charge in [-0.05, 0) is 37.3 Å². The van der Waals surface area contributed by atoms with E-state index >= 15 is 0 Å². The molecule has 26 heavy (non-hydrogen) atoms. The van der Waals surface area contributed by atoms with E-state index < -0.39 is 33.7 Å². The molecule has 0 radical (unpaired) electrons. The predicted molar refractivity (Wildman–Crippen MR) is 84.8 cm³/mol. The fourth-order valence-electron chi connectivity index (χ4n) is 2.38. The van der Waals surface area contributed by atoms with E-state index in [9.17, 15) is 26.4 Å². The van der Waals surface area contributed by atoms with E-state index in [-0.39, 0.29) is 10.5 Å². The Balaban J connectivity index is 2.24. The maximum atomic E-state index is 12.6. The third-order valence-corrected chi connectivity index (χ3v) is 5.23. The summed E-state index contributed by atoms with van der Waals surface area (Å²) >= 11 is 0. The quantitative estimate of drug-likeness (QED) is 0.537. The number of aryl methyl sites for hydroxylation is 1. The van der Waals surface area contributed by atoms with E-state index in [1.54, 1.807) is 7.05 Å². The van der Waals surface area contributed by atoms with Gasteiger partial charge in [-0.2, -0.15) is 13.2 Å². The summed E-state index contributed by atoms with van der Waals surface area (Å²) in [5.41, 5.74) is 1.05. The van der Waals surface area contributed by atoms with Gasteiger partial charge in [-0.25, -0.2) is 18.6 Å². The van der Waals surface area contributed by atoms with Crippen LogP contribution in [0.5, 0.6) is 0 Å². The van der Waals surface area contributed by atoms with Crippen LogP contribution in [0.25, 0.3) is 0 Å². The van der Waals surface area contributed by atoms with Crippen LogP contribution in [-0.2, 0) is 23.2 Å². The maximum Gasteiger partial charge on any atom is 0.416 e. The van der Waals surface area contributed by atoms with Gasteiger partial charge in [-0.1, -0.05) is 0 Å². The molecule has 11 heteroatoms. The van der Waals surface area contributed by atoms with Gasteiger partial charge in [0.05, 0.1) is 22.1 Å². The molecular weight excluding hydrogens is 375 g/mol. The molecular formula is C15H16F3N3O4S. The van der Waals surface area contributed by atoms with Gasteiger partial charge in [0.15, 0.2) is 0 Å². The first-order chi connectivity index (χ1) is 12.0. The highest BCUT2D eigenvalue weighted by Crippen LogP contribution is 2.30. The average molecular weight is 391 g/mol. The first kappa shape index (κ1) is 19.9. The number of rotatable bonds is 5. The molecule has 1 atom stereocenters. The molecule has 142 valence electrons. The standard InChI is InChI=1S/C15H16F3N3O4S/c1-9(13-7-10(8-21(13)2)14(22)19-23)20-26(24,25)12-5-3-11(4-6-12)15(16,17)18/h3-9,20,23H,1-2H3,(H,19,22). The van der Waals surface area contributed by atoms with Crippen LogP contribution in [0.1, 0.15) is 34.6 Å². The number of carbonyl (C=O) groups excluding carboxylic acids is 1. The molecule has 1 heterocycles. The van der Waals surface area contributed by atoms with E-state index in [0.717, 1.165) is 12.1 Å². The van der Waals surface area contributed by atoms with Crippen LogP contribution >= 0.6 is 0 Å². The van der Waals surface area contributed by atoms with Crippen molar-refractivity contribution in [3.8, 4) is 0 Å². The van der Waals surface area contributed by atoms with Crippen LogP contribution in [0.2, 0.25) is 0 Å². The topological polar surface area (TPSA) is 100 Å². The Kier molecular flexibility index (Phi) is 5.44. The number of carbonyl (C=O) groups is 1. The summed E-state index contributed by atoms with van der Waals surface area (Å²) in [5.74, 6) is -0.760. The van der Waals surface area contributed by atoms with E-state index in [0.29, 0.717) is 17.8 Å². The number of halogens is 3. The van der Waals surface area contributed by atoms with E-state index in [1.807, 2.05) is 0 Å². The molecule has 2 aromatic rings. The number of nitrogens with zero attached hydrogens (tertiary/aromatic N) is 1. The molecule has 7 nitrogen and oxygen atoms in total. The SMILES string of the molecule is CC(NS(=O)(=O)c1ccc(C(F)(F)F)cc1)c1cc(C(=O)NO)cn1C. The number of aromatic nitrogens is 1. The normalized spacial score (nSPS) is 13.5. The van der Waals surface area contributed by atoms with Crippen LogP contribution in [0.15, 0.2) is 41.4 Å². The number of benzene rings is 1. The van der Waals surface area contributed by atoms with Crippen molar-refractivity contribution in [2.45, 2.75) is 24.0 Å². The molecule has 0 fully saturated rings. The minimum Gasteiger partial charge on any atom is -0.352 e. The lowest BCUT2D eigenvalue weighted by atomic mass is 10.2. The number of hydrogen-bond acceptors (Lipinski definition) is 4. The fraction of sp³-hybridized carbons (Fsp3) is 0.267. The van der Waals surface area contributed by atoms with Crippen LogP contribution in [0.3, 0.4) is 0 Å². The van der Waals surface area contributed by atoms with Crippen molar-refractivity contribution in [2.24, 2.45) is 7.05 Å². The second kappa shape index (κ2) is 7.09. The van der Waals surface area contributed by atoms with Crippen molar-refractivity contribution < 1.29 is 31.6 Å². The minimum atomic E-state index is -4.56. The van der Waals surface area contributed by atoms with Crippen molar-refractivity contribution in [1.29, 1.82) is 0 Å². The molecule has 2 rings (SSSR count). The molecule has 0 saturated heterocycles. The number of amides is 1. The molecule has 3 N–H and O–H groups in total. The molecule has 0 aliphatic rings. The van der Waals surface area contributed by atoms with Crippen molar-refractivity contribution in [1.82, 2.24) is 14.8 Å². The van der Waals surface area contributed by atoms with Gasteiger partial charge in [0, 0.05) is 18.9 Å². The van der Waals surface area contributed by atoms with Gasteiger partial charge >= 0.3 is 6.18 Å². The van der Waals surface area contributed by atoms with Gasteiger partial charge in [0.1, 0.15) is 0 Å². The maximum absolute atomic E-state index is 12.6. The van der Waals surface area contributed by atoms with E-state index in [2.05, 4.69) is 4.72 Å². The summed E-state index contributed by atoms with van der Waals surface area (Å²) < 4.78 is 66.3. The minimum absolute atomic E-state index is 0.116. The number of alkyl halides is 3. The Bertz CT molecular complexity index is 905. The molecule has 0 aliphatic heterocycles. The average Bonchev–Trinajstić information content (AvgIpc) is 2.95. The van der Waals surface area contributed by atoms with Crippen molar-refractivity contribution in [3.05, 3.63) is 53.3 Å². The zero-order chi connectivity index (χ0) is 19.7. The van der Waals surface area contributed by atoms with Crippen molar-refractivity contribution in [2.75, 3.05) is 0 Å². The third-order valence-electron chi connectivity index (χ3n) is 3.67. The Morgan fingerprint density at radius 2 is 1.81 bits per heavy atom. The molecule has 0 spiro atoms. The predicted octanol–water partition coefficient (Wildman–Crippen LogP) is 2.20. The van der Waals surface area contributed by atoms with Gasteiger partial charge in [0.25, 0.3) is 5.91 Å². The highest BCUT2D eigenvalue weighted by Gasteiger charge is 2.31. The molecule has 1 aromatic carbocycles. The summed E-state index contributed by atoms with van der Waals surface area (Å²) in [6, 6.07) is 3.70. The zero-order valence-electron chi connectivity index (χ0n) is 13.7. The van der Waals surface area contributed by atoms with Crippen molar-refractivity contribution in [3.63, 3.8) is 0 Å². The first-order valence-corrected chi connectivity index (χ1v) is 8.74. The summed E-state index contributed by atoms with van der Waals surface area (Å²) in [6.45, 7) is 1.51. The molecule has 0 bridgehead atoms. The Labute approximate surface area is 147 Å². The number of nitrogens with one attached hydrogen (secondary N) is 2. The largest absolute Gasteiger partial charge is 0.416 e. The Hall–Kier alpha value is -2.37. The highest BCUT2D eigenvalue weighted by atomic mass is 32.2. The summed E-state index contributed by atoms with van der Waals surface area (Å²) in [4.78, 5) is 11.1. The van der Waals surface area contributed by atoms with Crippen LogP contribution in [0, 0.1) is 0 Å². The molecule has 1 amide bonds. The summed E-state index contributed by atoms with van der Waals surface area (Å²) in [7, 11) is -2.51. The van der Waals surface area contributed by atoms with Crippen LogP contribution in [-0.4, -0.2) is 24.1 Å². The van der Waals surface area contributed by atoms with Gasteiger partial charge in [-0.3, -0.25) is 10.0 Å². The molecule has 0 aliphatic carbocycles. The summed E-state index contributed by atoms with van der Waals surface area (Å²) in [6.07, 6.45) is -3.17.